The lowest BCUT2D eigenvalue weighted by Crippen LogP contribution is -2.27. The lowest BCUT2D eigenvalue weighted by Gasteiger charge is -2.17. The zero-order valence-electron chi connectivity index (χ0n) is 13.9. The number of benzene rings is 1. The molecule has 0 unspecified atom stereocenters. The molecule has 0 aliphatic heterocycles. The molecule has 0 radical (unpaired) electrons. The van der Waals surface area contributed by atoms with Crippen LogP contribution in [0.3, 0.4) is 0 Å². The molecule has 1 N–H and O–H groups in total. The van der Waals surface area contributed by atoms with Crippen LogP contribution in [0.15, 0.2) is 33.5 Å². The Morgan fingerprint density at radius 3 is 3.04 bits per heavy atom. The van der Waals surface area contributed by atoms with Gasteiger partial charge in [-0.2, -0.15) is 5.10 Å². The van der Waals surface area contributed by atoms with E-state index in [2.05, 4.69) is 22.1 Å². The fourth-order valence-corrected chi connectivity index (χ4v) is 3.51. The molecule has 0 fully saturated rings. The molecule has 0 bridgehead atoms. The van der Waals surface area contributed by atoms with Crippen molar-refractivity contribution in [2.45, 2.75) is 38.8 Å². The van der Waals surface area contributed by atoms with Crippen molar-refractivity contribution in [1.82, 2.24) is 19.7 Å². The number of rotatable bonds is 5. The van der Waals surface area contributed by atoms with Crippen molar-refractivity contribution in [3.05, 3.63) is 51.8 Å². The van der Waals surface area contributed by atoms with Crippen molar-refractivity contribution in [1.29, 1.82) is 0 Å². The Labute approximate surface area is 140 Å². The van der Waals surface area contributed by atoms with Gasteiger partial charge in [0.1, 0.15) is 0 Å². The van der Waals surface area contributed by atoms with Crippen LogP contribution in [-0.4, -0.2) is 33.3 Å². The van der Waals surface area contributed by atoms with Crippen LogP contribution in [-0.2, 0) is 25.9 Å². The van der Waals surface area contributed by atoms with E-state index in [9.17, 15) is 4.79 Å². The zero-order chi connectivity index (χ0) is 16.5. The molecular formula is C18H22N4O2. The second-order valence-electron chi connectivity index (χ2n) is 6.56. The van der Waals surface area contributed by atoms with Gasteiger partial charge < -0.3 is 4.42 Å². The Kier molecular flexibility index (Phi) is 3.98. The molecule has 2 heterocycles. The maximum absolute atomic E-state index is 12.0. The highest BCUT2D eigenvalue weighted by molar-refractivity contribution is 5.72. The first-order valence-corrected chi connectivity index (χ1v) is 8.54. The summed E-state index contributed by atoms with van der Waals surface area (Å²) in [6.45, 7) is 2.18. The van der Waals surface area contributed by atoms with Crippen LogP contribution in [0.1, 0.15) is 29.8 Å². The number of H-pyrrole nitrogens is 1. The van der Waals surface area contributed by atoms with Gasteiger partial charge in [0, 0.05) is 25.3 Å². The Morgan fingerprint density at radius 2 is 2.12 bits per heavy atom. The fraction of sp³-hybridized carbons (Fsp3) is 0.444. The number of nitrogens with zero attached hydrogens (tertiary/aromatic N) is 3. The number of para-hydroxylation sites is 2. The van der Waals surface area contributed by atoms with Gasteiger partial charge in [-0.05, 0) is 50.4 Å². The third-order valence-electron chi connectivity index (χ3n) is 4.84. The van der Waals surface area contributed by atoms with Crippen LogP contribution in [0.25, 0.3) is 11.1 Å². The van der Waals surface area contributed by atoms with Crippen LogP contribution in [0.4, 0.5) is 0 Å². The standard InChI is InChI=1S/C18H22N4O2/c1-21(12-15-13-6-2-3-7-14(13)19-20-15)10-11-22-16-8-4-5-9-17(16)24-18(22)23/h4-5,8-9H,2-3,6-7,10-12H2,1H3,(H,19,20). The van der Waals surface area contributed by atoms with Gasteiger partial charge in [-0.3, -0.25) is 14.6 Å². The fourth-order valence-electron chi connectivity index (χ4n) is 3.51. The lowest BCUT2D eigenvalue weighted by atomic mass is 9.96. The molecular weight excluding hydrogens is 304 g/mol. The molecule has 0 atom stereocenters. The number of aromatic amines is 1. The quantitative estimate of drug-likeness (QED) is 0.781. The number of aryl methyl sites for hydroxylation is 1. The minimum absolute atomic E-state index is 0.290. The highest BCUT2D eigenvalue weighted by Gasteiger charge is 2.18. The predicted octanol–water partition coefficient (Wildman–Crippen LogP) is 2.33. The van der Waals surface area contributed by atoms with Gasteiger partial charge in [-0.15, -0.1) is 0 Å². The third-order valence-corrected chi connectivity index (χ3v) is 4.84. The van der Waals surface area contributed by atoms with Crippen molar-refractivity contribution < 1.29 is 4.42 Å². The zero-order valence-corrected chi connectivity index (χ0v) is 13.9. The molecule has 0 spiro atoms. The molecule has 4 rings (SSSR count). The third kappa shape index (κ3) is 2.78. The largest absolute Gasteiger partial charge is 0.419 e. The molecule has 0 amide bonds. The normalized spacial score (nSPS) is 14.4. The molecule has 0 saturated carbocycles. The molecule has 6 heteroatoms. The summed E-state index contributed by atoms with van der Waals surface area (Å²) < 4.78 is 6.98. The van der Waals surface area contributed by atoms with Gasteiger partial charge >= 0.3 is 5.76 Å². The van der Waals surface area contributed by atoms with E-state index in [0.717, 1.165) is 37.1 Å². The van der Waals surface area contributed by atoms with Crippen molar-refractivity contribution in [2.75, 3.05) is 13.6 Å². The Hall–Kier alpha value is -2.34. The molecule has 0 saturated heterocycles. The first-order chi connectivity index (χ1) is 11.7. The maximum Gasteiger partial charge on any atom is 0.419 e. The van der Waals surface area contributed by atoms with E-state index in [0.29, 0.717) is 12.1 Å². The van der Waals surface area contributed by atoms with E-state index < -0.39 is 0 Å². The molecule has 2 aromatic heterocycles. The number of hydrogen-bond donors (Lipinski definition) is 1. The van der Waals surface area contributed by atoms with Gasteiger partial charge in [-0.25, -0.2) is 4.79 Å². The van der Waals surface area contributed by atoms with E-state index in [1.807, 2.05) is 24.3 Å². The van der Waals surface area contributed by atoms with Gasteiger partial charge in [0.05, 0.1) is 11.2 Å². The minimum atomic E-state index is -0.290. The summed E-state index contributed by atoms with van der Waals surface area (Å²) in [4.78, 5) is 14.2. The number of oxazole rings is 1. The van der Waals surface area contributed by atoms with Gasteiger partial charge in [0.25, 0.3) is 0 Å². The minimum Gasteiger partial charge on any atom is -0.408 e. The number of likely N-dealkylation sites (N-methyl/N-ethyl adjacent to an activating group) is 1. The van der Waals surface area contributed by atoms with Gasteiger partial charge in [0.15, 0.2) is 5.58 Å². The van der Waals surface area contributed by atoms with Crippen molar-refractivity contribution in [2.24, 2.45) is 0 Å². The van der Waals surface area contributed by atoms with E-state index in [4.69, 9.17) is 4.42 Å². The number of fused-ring (bicyclic) bond motifs is 2. The molecule has 1 aliphatic carbocycles. The summed E-state index contributed by atoms with van der Waals surface area (Å²) in [6, 6.07) is 7.55. The summed E-state index contributed by atoms with van der Waals surface area (Å²) in [5.74, 6) is -0.290. The van der Waals surface area contributed by atoms with Crippen LogP contribution >= 0.6 is 0 Å². The van der Waals surface area contributed by atoms with E-state index in [-0.39, 0.29) is 5.76 Å². The molecule has 24 heavy (non-hydrogen) atoms. The van der Waals surface area contributed by atoms with Crippen LogP contribution in [0.5, 0.6) is 0 Å². The Morgan fingerprint density at radius 1 is 1.29 bits per heavy atom. The monoisotopic (exact) mass is 326 g/mol. The number of aromatic nitrogens is 3. The first kappa shape index (κ1) is 15.2. The summed E-state index contributed by atoms with van der Waals surface area (Å²) in [7, 11) is 2.07. The Bertz CT molecular complexity index is 905. The summed E-state index contributed by atoms with van der Waals surface area (Å²) in [6.07, 6.45) is 4.74. The predicted molar refractivity (Wildman–Crippen MR) is 92.0 cm³/mol. The topological polar surface area (TPSA) is 67.1 Å². The highest BCUT2D eigenvalue weighted by atomic mass is 16.4. The second kappa shape index (κ2) is 6.28. The van der Waals surface area contributed by atoms with Crippen LogP contribution in [0, 0.1) is 0 Å². The number of hydrogen-bond acceptors (Lipinski definition) is 4. The Balaban J connectivity index is 1.45. The van der Waals surface area contributed by atoms with Crippen molar-refractivity contribution >= 4 is 11.1 Å². The van der Waals surface area contributed by atoms with Crippen LogP contribution in [0.2, 0.25) is 0 Å². The molecule has 3 aromatic rings. The first-order valence-electron chi connectivity index (χ1n) is 8.54. The molecule has 1 aromatic carbocycles. The summed E-state index contributed by atoms with van der Waals surface area (Å²) in [5, 5.41) is 7.68. The van der Waals surface area contributed by atoms with E-state index in [1.54, 1.807) is 4.57 Å². The summed E-state index contributed by atoms with van der Waals surface area (Å²) >= 11 is 0. The van der Waals surface area contributed by atoms with E-state index in [1.165, 1.54) is 24.1 Å². The second-order valence-corrected chi connectivity index (χ2v) is 6.56. The molecule has 126 valence electrons. The van der Waals surface area contributed by atoms with Gasteiger partial charge in [0.2, 0.25) is 0 Å². The highest BCUT2D eigenvalue weighted by Crippen LogP contribution is 2.22. The average Bonchev–Trinajstić information content (AvgIpc) is 3.14. The summed E-state index contributed by atoms with van der Waals surface area (Å²) in [5.41, 5.74) is 5.36. The maximum atomic E-state index is 12.0. The van der Waals surface area contributed by atoms with Crippen molar-refractivity contribution in [3.8, 4) is 0 Å². The number of nitrogens with one attached hydrogen (secondary N) is 1. The average molecular weight is 326 g/mol. The lowest BCUT2D eigenvalue weighted by molar-refractivity contribution is 0.303. The smallest absolute Gasteiger partial charge is 0.408 e. The van der Waals surface area contributed by atoms with Gasteiger partial charge in [-0.1, -0.05) is 12.1 Å². The SMILES string of the molecule is CN(CCn1c(=O)oc2ccccc21)Cc1n[nH]c2c1CCCC2. The molecule has 1 aliphatic rings. The van der Waals surface area contributed by atoms with Crippen LogP contribution < -0.4 is 5.76 Å². The van der Waals surface area contributed by atoms with E-state index >= 15 is 0 Å². The van der Waals surface area contributed by atoms with Crippen molar-refractivity contribution in [3.63, 3.8) is 0 Å². The molecule has 6 nitrogen and oxygen atoms in total.